The summed E-state index contributed by atoms with van der Waals surface area (Å²) in [5.74, 6) is 1.83. The highest BCUT2D eigenvalue weighted by Crippen LogP contribution is 2.36. The van der Waals surface area contributed by atoms with Crippen molar-refractivity contribution in [3.8, 4) is 0 Å². The average molecular weight is 344 g/mol. The summed E-state index contributed by atoms with van der Waals surface area (Å²) in [4.78, 5) is 26.1. The maximum atomic E-state index is 12.0. The molecule has 0 saturated carbocycles. The molecule has 3 aliphatic rings. The topological polar surface area (TPSA) is 58.6 Å². The lowest BCUT2D eigenvalue weighted by molar-refractivity contribution is -0.117. The molecule has 0 bridgehead atoms. The molecule has 4 rings (SSSR count). The molecule has 1 amide bonds. The normalized spacial score (nSPS) is 28.4. The minimum absolute atomic E-state index is 0.0528. The van der Waals surface area contributed by atoms with E-state index in [0.29, 0.717) is 12.5 Å². The molecule has 136 valence electrons. The van der Waals surface area contributed by atoms with E-state index >= 15 is 0 Å². The number of rotatable bonds is 2. The van der Waals surface area contributed by atoms with Crippen molar-refractivity contribution in [3.05, 3.63) is 17.1 Å². The van der Waals surface area contributed by atoms with Crippen LogP contribution in [0.5, 0.6) is 0 Å². The number of fused-ring (bicyclic) bond motifs is 1. The molecule has 2 fully saturated rings. The molecule has 1 atom stereocenters. The highest BCUT2D eigenvalue weighted by Gasteiger charge is 2.39. The zero-order chi connectivity index (χ0) is 17.6. The highest BCUT2D eigenvalue weighted by molar-refractivity contribution is 5.99. The van der Waals surface area contributed by atoms with Gasteiger partial charge in [-0.1, -0.05) is 6.92 Å². The Kier molecular flexibility index (Phi) is 4.28. The van der Waals surface area contributed by atoms with Gasteiger partial charge in [0.25, 0.3) is 0 Å². The molecule has 2 saturated heterocycles. The van der Waals surface area contributed by atoms with E-state index in [1.54, 1.807) is 4.90 Å². The molecule has 0 aliphatic carbocycles. The predicted octanol–water partition coefficient (Wildman–Crippen LogP) is 1.84. The van der Waals surface area contributed by atoms with Crippen LogP contribution in [0, 0.1) is 6.92 Å². The van der Waals surface area contributed by atoms with Crippen LogP contribution in [0.2, 0.25) is 0 Å². The fourth-order valence-electron chi connectivity index (χ4n) is 4.55. The second-order valence-corrected chi connectivity index (χ2v) is 8.04. The lowest BCUT2D eigenvalue weighted by Gasteiger charge is -2.44. The summed E-state index contributed by atoms with van der Waals surface area (Å²) < 4.78 is 5.53. The van der Waals surface area contributed by atoms with E-state index in [2.05, 4.69) is 11.8 Å². The van der Waals surface area contributed by atoms with Gasteiger partial charge in [0.1, 0.15) is 11.6 Å². The van der Waals surface area contributed by atoms with Gasteiger partial charge in [-0.25, -0.2) is 9.97 Å². The minimum atomic E-state index is -0.0528. The Morgan fingerprint density at radius 1 is 1.24 bits per heavy atom. The van der Waals surface area contributed by atoms with Crippen LogP contribution in [-0.4, -0.2) is 60.2 Å². The summed E-state index contributed by atoms with van der Waals surface area (Å²) in [5, 5.41) is 0. The van der Waals surface area contributed by atoms with Gasteiger partial charge in [0.2, 0.25) is 5.91 Å². The maximum absolute atomic E-state index is 12.0. The monoisotopic (exact) mass is 344 g/mol. The molecular weight excluding hydrogens is 316 g/mol. The van der Waals surface area contributed by atoms with Crippen molar-refractivity contribution in [1.29, 1.82) is 0 Å². The SMILES string of the molecule is Cc1nc(C2(C)CCCN(C3CCOCC3)C2)nc2c1CC(=O)N2C. The Labute approximate surface area is 149 Å². The fraction of sp³-hybridized carbons (Fsp3) is 0.737. The van der Waals surface area contributed by atoms with E-state index in [1.807, 2.05) is 14.0 Å². The molecule has 0 N–H and O–H groups in total. The summed E-state index contributed by atoms with van der Waals surface area (Å²) in [6.45, 7) is 8.20. The number of hydrogen-bond donors (Lipinski definition) is 0. The molecule has 6 heteroatoms. The summed E-state index contributed by atoms with van der Waals surface area (Å²) in [7, 11) is 1.82. The molecule has 0 radical (unpaired) electrons. The van der Waals surface area contributed by atoms with Gasteiger partial charge in [-0.15, -0.1) is 0 Å². The van der Waals surface area contributed by atoms with Crippen LogP contribution in [0.1, 0.15) is 49.7 Å². The summed E-state index contributed by atoms with van der Waals surface area (Å²) in [5.41, 5.74) is 1.90. The van der Waals surface area contributed by atoms with Gasteiger partial charge in [-0.05, 0) is 39.2 Å². The first-order chi connectivity index (χ1) is 12.0. The first kappa shape index (κ1) is 16.9. The number of aromatic nitrogens is 2. The van der Waals surface area contributed by atoms with Crippen LogP contribution in [0.15, 0.2) is 0 Å². The number of likely N-dealkylation sites (tertiary alicyclic amines) is 1. The first-order valence-electron chi connectivity index (χ1n) is 9.44. The first-order valence-corrected chi connectivity index (χ1v) is 9.44. The summed E-state index contributed by atoms with van der Waals surface area (Å²) in [6.07, 6.45) is 4.95. The molecular formula is C19H28N4O2. The average Bonchev–Trinajstić information content (AvgIpc) is 2.91. The molecule has 4 heterocycles. The van der Waals surface area contributed by atoms with Gasteiger partial charge in [0, 0.05) is 49.5 Å². The molecule has 0 spiro atoms. The van der Waals surface area contributed by atoms with Gasteiger partial charge < -0.3 is 4.74 Å². The molecule has 1 aromatic heterocycles. The van der Waals surface area contributed by atoms with Crippen LogP contribution < -0.4 is 4.90 Å². The zero-order valence-electron chi connectivity index (χ0n) is 15.5. The Hall–Kier alpha value is -1.53. The smallest absolute Gasteiger partial charge is 0.232 e. The number of likely N-dealkylation sites (N-methyl/N-ethyl adjacent to an activating group) is 1. The van der Waals surface area contributed by atoms with Crippen LogP contribution in [-0.2, 0) is 21.4 Å². The largest absolute Gasteiger partial charge is 0.381 e. The van der Waals surface area contributed by atoms with Crippen molar-refractivity contribution in [2.75, 3.05) is 38.3 Å². The Bertz CT molecular complexity index is 686. The molecule has 6 nitrogen and oxygen atoms in total. The molecule has 1 unspecified atom stereocenters. The molecule has 25 heavy (non-hydrogen) atoms. The van der Waals surface area contributed by atoms with Crippen molar-refractivity contribution in [2.45, 2.75) is 57.4 Å². The Morgan fingerprint density at radius 2 is 2.00 bits per heavy atom. The molecule has 3 aliphatic heterocycles. The number of nitrogens with zero attached hydrogens (tertiary/aromatic N) is 4. The van der Waals surface area contributed by atoms with Gasteiger partial charge in [0.15, 0.2) is 0 Å². The number of amides is 1. The van der Waals surface area contributed by atoms with Gasteiger partial charge in [-0.2, -0.15) is 0 Å². The summed E-state index contributed by atoms with van der Waals surface area (Å²) >= 11 is 0. The molecule has 1 aromatic rings. The fourth-order valence-corrected chi connectivity index (χ4v) is 4.55. The number of carbonyl (C=O) groups excluding carboxylic acids is 1. The van der Waals surface area contributed by atoms with Crippen molar-refractivity contribution in [1.82, 2.24) is 14.9 Å². The van der Waals surface area contributed by atoms with Crippen LogP contribution in [0.3, 0.4) is 0 Å². The second kappa shape index (κ2) is 6.32. The number of anilines is 1. The van der Waals surface area contributed by atoms with Gasteiger partial charge in [-0.3, -0.25) is 14.6 Å². The number of carbonyl (C=O) groups is 1. The van der Waals surface area contributed by atoms with E-state index < -0.39 is 0 Å². The number of piperidine rings is 1. The zero-order valence-corrected chi connectivity index (χ0v) is 15.5. The van der Waals surface area contributed by atoms with Gasteiger partial charge >= 0.3 is 0 Å². The van der Waals surface area contributed by atoms with Crippen molar-refractivity contribution in [2.24, 2.45) is 0 Å². The van der Waals surface area contributed by atoms with E-state index in [-0.39, 0.29) is 11.3 Å². The number of ether oxygens (including phenoxy) is 1. The highest BCUT2D eigenvalue weighted by atomic mass is 16.5. The standard InChI is InChI=1S/C19H28N4O2/c1-13-15-11-16(24)22(3)17(15)21-18(20-13)19(2)7-4-8-23(12-19)14-5-9-25-10-6-14/h14H,4-12H2,1-3H3. The molecule has 0 aromatic carbocycles. The van der Waals surface area contributed by atoms with Crippen molar-refractivity contribution in [3.63, 3.8) is 0 Å². The van der Waals surface area contributed by atoms with E-state index in [4.69, 9.17) is 14.7 Å². The Balaban J connectivity index is 1.62. The Morgan fingerprint density at radius 3 is 2.76 bits per heavy atom. The van der Waals surface area contributed by atoms with Crippen LogP contribution >= 0.6 is 0 Å². The van der Waals surface area contributed by atoms with Crippen LogP contribution in [0.4, 0.5) is 5.82 Å². The third-order valence-electron chi connectivity index (χ3n) is 6.18. The second-order valence-electron chi connectivity index (χ2n) is 8.04. The van der Waals surface area contributed by atoms with E-state index in [9.17, 15) is 4.79 Å². The van der Waals surface area contributed by atoms with Crippen LogP contribution in [0.25, 0.3) is 0 Å². The van der Waals surface area contributed by atoms with E-state index in [0.717, 1.165) is 68.5 Å². The lowest BCUT2D eigenvalue weighted by atomic mass is 9.80. The number of aryl methyl sites for hydroxylation is 1. The third-order valence-corrected chi connectivity index (χ3v) is 6.18. The maximum Gasteiger partial charge on any atom is 0.232 e. The predicted molar refractivity (Wildman–Crippen MR) is 95.9 cm³/mol. The van der Waals surface area contributed by atoms with Gasteiger partial charge in [0.05, 0.1) is 6.42 Å². The quantitative estimate of drug-likeness (QED) is 0.819. The van der Waals surface area contributed by atoms with Crippen molar-refractivity contribution < 1.29 is 9.53 Å². The van der Waals surface area contributed by atoms with E-state index in [1.165, 1.54) is 6.42 Å². The lowest BCUT2D eigenvalue weighted by Crippen LogP contribution is -2.51. The summed E-state index contributed by atoms with van der Waals surface area (Å²) in [6, 6.07) is 0.619. The third kappa shape index (κ3) is 2.95. The number of hydrogen-bond acceptors (Lipinski definition) is 5. The minimum Gasteiger partial charge on any atom is -0.381 e. The van der Waals surface area contributed by atoms with Crippen molar-refractivity contribution >= 4 is 11.7 Å².